The van der Waals surface area contributed by atoms with E-state index in [1.165, 1.54) is 0 Å². The molecule has 0 bridgehead atoms. The summed E-state index contributed by atoms with van der Waals surface area (Å²) in [5, 5.41) is 39.9. The van der Waals surface area contributed by atoms with E-state index in [-0.39, 0.29) is 0 Å². The number of amides is 1. The average Bonchev–Trinajstić information content (AvgIpc) is 2.43. The Morgan fingerprint density at radius 1 is 1.30 bits per heavy atom. The molecule has 12 nitrogen and oxygen atoms in total. The van der Waals surface area contributed by atoms with Crippen LogP contribution in [0.4, 0.5) is 0 Å². The van der Waals surface area contributed by atoms with Crippen molar-refractivity contribution in [2.45, 2.75) is 43.9 Å². The summed E-state index contributed by atoms with van der Waals surface area (Å²) in [7, 11) is -5.01. The summed E-state index contributed by atoms with van der Waals surface area (Å²) in [6.45, 7) is -0.0220. The average molecular weight is 361 g/mol. The highest BCUT2D eigenvalue weighted by molar-refractivity contribution is 7.80. The Bertz CT molecular complexity index is 497. The number of hydrogen-bond donors (Lipinski definition) is 6. The van der Waals surface area contributed by atoms with Crippen LogP contribution in [0.3, 0.4) is 0 Å². The molecule has 1 aliphatic heterocycles. The first-order valence-corrected chi connectivity index (χ1v) is 7.76. The molecule has 0 aromatic carbocycles. The van der Waals surface area contributed by atoms with Crippen molar-refractivity contribution in [3.8, 4) is 0 Å². The van der Waals surface area contributed by atoms with Gasteiger partial charge in [0.1, 0.15) is 24.4 Å². The van der Waals surface area contributed by atoms with Crippen molar-refractivity contribution >= 4 is 16.3 Å². The molecule has 0 aromatic rings. The molecule has 1 rings (SSSR count). The van der Waals surface area contributed by atoms with Gasteiger partial charge in [0, 0.05) is 6.92 Å². The normalized spacial score (nSPS) is 33.2. The highest BCUT2D eigenvalue weighted by atomic mass is 32.3. The lowest BCUT2D eigenvalue weighted by Crippen LogP contribution is -2.64. The molecule has 23 heavy (non-hydrogen) atoms. The number of ether oxygens (including phenoxy) is 2. The van der Waals surface area contributed by atoms with Gasteiger partial charge in [-0.15, -0.1) is 0 Å². The van der Waals surface area contributed by atoms with Gasteiger partial charge in [-0.25, -0.2) is 4.18 Å². The van der Waals surface area contributed by atoms with Crippen LogP contribution < -0.4 is 5.32 Å². The van der Waals surface area contributed by atoms with Gasteiger partial charge >= 0.3 is 10.4 Å². The molecule has 6 atom stereocenters. The van der Waals surface area contributed by atoms with Crippen molar-refractivity contribution in [1.29, 1.82) is 0 Å². The number of carbonyl (C=O) groups is 1. The second kappa shape index (κ2) is 8.27. The smallest absolute Gasteiger partial charge is 0.394 e. The molecule has 1 fully saturated rings. The van der Waals surface area contributed by atoms with E-state index in [2.05, 4.69) is 9.50 Å². The van der Waals surface area contributed by atoms with E-state index in [4.69, 9.17) is 19.1 Å². The Hall–Kier alpha value is -0.900. The quantitative estimate of drug-likeness (QED) is 0.243. The molecule has 0 saturated carbocycles. The zero-order chi connectivity index (χ0) is 17.8. The van der Waals surface area contributed by atoms with Crippen molar-refractivity contribution in [3.63, 3.8) is 0 Å². The minimum absolute atomic E-state index is 0.487. The zero-order valence-corrected chi connectivity index (χ0v) is 12.8. The lowest BCUT2D eigenvalue weighted by Gasteiger charge is -2.41. The summed E-state index contributed by atoms with van der Waals surface area (Å²) in [6.07, 6.45) is -8.56. The summed E-state index contributed by atoms with van der Waals surface area (Å²) in [5.74, 6) is -0.615. The topological polar surface area (TPSA) is 192 Å². The first-order chi connectivity index (χ1) is 10.5. The summed E-state index contributed by atoms with van der Waals surface area (Å²) in [6, 6.07) is -1.32. The standard InChI is InChI=1S/C10H19NO11S/c1-4(13)11-6-7(15)8(16)10(22-23(17,18)19)21-9(6)20-3-5(14)2-12/h5-10,12,14-16H,2-3H2,1H3,(H,11,13)(H,17,18,19)/t5?,6-,7-,8+,9-,10-/m1/s1. The second-order valence-corrected chi connectivity index (χ2v) is 5.82. The Balaban J connectivity index is 2.90. The molecular weight excluding hydrogens is 342 g/mol. The van der Waals surface area contributed by atoms with Crippen molar-refractivity contribution in [3.05, 3.63) is 0 Å². The van der Waals surface area contributed by atoms with E-state index < -0.39 is 66.5 Å². The van der Waals surface area contributed by atoms with Gasteiger partial charge in [0.05, 0.1) is 13.2 Å². The Labute approximate surface area is 131 Å². The SMILES string of the molecule is CC(=O)N[C@H]1[C@H](OCC(O)CO)O[C@H](OS(=O)(=O)O)[C@@H](O)[C@@H]1O. The predicted molar refractivity (Wildman–Crippen MR) is 70.0 cm³/mol. The molecule has 0 spiro atoms. The van der Waals surface area contributed by atoms with Crippen molar-refractivity contribution < 1.29 is 51.8 Å². The third-order valence-corrected chi connectivity index (χ3v) is 3.24. The van der Waals surface area contributed by atoms with E-state index >= 15 is 0 Å². The first-order valence-electron chi connectivity index (χ1n) is 6.40. The molecule has 1 unspecified atom stereocenters. The minimum Gasteiger partial charge on any atom is -0.394 e. The van der Waals surface area contributed by atoms with Crippen LogP contribution in [0.1, 0.15) is 6.92 Å². The van der Waals surface area contributed by atoms with Gasteiger partial charge in [0.2, 0.25) is 12.2 Å². The number of hydrogen-bond acceptors (Lipinski definition) is 10. The second-order valence-electron chi connectivity index (χ2n) is 4.77. The van der Waals surface area contributed by atoms with Crippen LogP contribution >= 0.6 is 0 Å². The van der Waals surface area contributed by atoms with Gasteiger partial charge < -0.3 is 35.2 Å². The van der Waals surface area contributed by atoms with Crippen LogP contribution in [0.25, 0.3) is 0 Å². The third kappa shape index (κ3) is 6.25. The van der Waals surface area contributed by atoms with Crippen molar-refractivity contribution in [2.24, 2.45) is 0 Å². The first kappa shape index (κ1) is 20.1. The Kier molecular flexibility index (Phi) is 7.25. The molecule has 136 valence electrons. The fourth-order valence-corrected chi connectivity index (χ4v) is 2.22. The molecule has 0 aromatic heterocycles. The highest BCUT2D eigenvalue weighted by Gasteiger charge is 2.47. The van der Waals surface area contributed by atoms with E-state index in [0.717, 1.165) is 6.92 Å². The fraction of sp³-hybridized carbons (Fsp3) is 0.900. The maximum atomic E-state index is 11.1. The molecule has 6 N–H and O–H groups in total. The van der Waals surface area contributed by atoms with E-state index in [1.807, 2.05) is 0 Å². The highest BCUT2D eigenvalue weighted by Crippen LogP contribution is 2.24. The lowest BCUT2D eigenvalue weighted by atomic mass is 10.0. The molecule has 1 heterocycles. The summed E-state index contributed by atoms with van der Waals surface area (Å²) in [4.78, 5) is 11.1. The molecule has 0 radical (unpaired) electrons. The van der Waals surface area contributed by atoms with Crippen LogP contribution in [-0.2, 0) is 28.9 Å². The fourth-order valence-electron chi connectivity index (χ4n) is 1.82. The predicted octanol–water partition coefficient (Wildman–Crippen LogP) is -3.92. The molecule has 0 aliphatic carbocycles. The van der Waals surface area contributed by atoms with Crippen LogP contribution in [-0.4, -0.2) is 89.5 Å². The van der Waals surface area contributed by atoms with Crippen molar-refractivity contribution in [1.82, 2.24) is 5.32 Å². The molecule has 1 amide bonds. The summed E-state index contributed by atoms with van der Waals surface area (Å²) >= 11 is 0. The maximum absolute atomic E-state index is 11.1. The molecular formula is C10H19NO11S. The van der Waals surface area contributed by atoms with Gasteiger partial charge in [-0.1, -0.05) is 0 Å². The largest absolute Gasteiger partial charge is 0.399 e. The Morgan fingerprint density at radius 2 is 1.91 bits per heavy atom. The summed E-state index contributed by atoms with van der Waals surface area (Å²) in [5.41, 5.74) is 0. The Morgan fingerprint density at radius 3 is 2.39 bits per heavy atom. The van der Waals surface area contributed by atoms with E-state index in [0.29, 0.717) is 0 Å². The molecule has 13 heteroatoms. The van der Waals surface area contributed by atoms with Crippen LogP contribution in [0, 0.1) is 0 Å². The van der Waals surface area contributed by atoms with Gasteiger partial charge in [0.25, 0.3) is 0 Å². The van der Waals surface area contributed by atoms with Gasteiger partial charge in [0.15, 0.2) is 6.29 Å². The minimum atomic E-state index is -5.01. The van der Waals surface area contributed by atoms with E-state index in [1.54, 1.807) is 0 Å². The van der Waals surface area contributed by atoms with E-state index in [9.17, 15) is 28.5 Å². The number of aliphatic hydroxyl groups excluding tert-OH is 4. The third-order valence-electron chi connectivity index (χ3n) is 2.81. The van der Waals surface area contributed by atoms with Crippen molar-refractivity contribution in [2.75, 3.05) is 13.2 Å². The molecule has 1 aliphatic rings. The number of rotatable bonds is 7. The lowest BCUT2D eigenvalue weighted by molar-refractivity contribution is -0.311. The zero-order valence-electron chi connectivity index (χ0n) is 12.0. The van der Waals surface area contributed by atoms with Crippen LogP contribution in [0.15, 0.2) is 0 Å². The number of aliphatic hydroxyl groups is 4. The van der Waals surface area contributed by atoms with Gasteiger partial charge in [-0.2, -0.15) is 8.42 Å². The summed E-state index contributed by atoms with van der Waals surface area (Å²) < 4.78 is 44.1. The van der Waals surface area contributed by atoms with Crippen LogP contribution in [0.2, 0.25) is 0 Å². The maximum Gasteiger partial charge on any atom is 0.399 e. The van der Waals surface area contributed by atoms with Gasteiger partial charge in [-0.05, 0) is 0 Å². The van der Waals surface area contributed by atoms with Crippen LogP contribution in [0.5, 0.6) is 0 Å². The molecule has 1 saturated heterocycles. The number of nitrogens with one attached hydrogen (secondary N) is 1. The van der Waals surface area contributed by atoms with Gasteiger partial charge in [-0.3, -0.25) is 9.35 Å². The number of carbonyl (C=O) groups excluding carboxylic acids is 1. The monoisotopic (exact) mass is 361 g/mol.